The summed E-state index contributed by atoms with van der Waals surface area (Å²) in [6.07, 6.45) is 0.728. The van der Waals surface area contributed by atoms with Gasteiger partial charge in [-0.05, 0) is 11.4 Å². The lowest BCUT2D eigenvalue weighted by Gasteiger charge is -2.10. The van der Waals surface area contributed by atoms with Crippen molar-refractivity contribution in [3.63, 3.8) is 0 Å². The van der Waals surface area contributed by atoms with Crippen molar-refractivity contribution < 1.29 is 5.11 Å². The number of nitrogens with one attached hydrogen (secondary N) is 1. The van der Waals surface area contributed by atoms with Gasteiger partial charge in [-0.2, -0.15) is 0 Å². The highest BCUT2D eigenvalue weighted by Gasteiger charge is 2.28. The summed E-state index contributed by atoms with van der Waals surface area (Å²) < 4.78 is 0. The van der Waals surface area contributed by atoms with Crippen molar-refractivity contribution in [2.75, 3.05) is 13.1 Å². The summed E-state index contributed by atoms with van der Waals surface area (Å²) >= 11 is 2.95. The van der Waals surface area contributed by atoms with Gasteiger partial charge < -0.3 is 10.4 Å². The van der Waals surface area contributed by atoms with Crippen LogP contribution < -0.4 is 5.32 Å². The Morgan fingerprint density at radius 2 is 2.44 bits per heavy atom. The maximum atomic E-state index is 9.43. The first-order valence-electron chi connectivity index (χ1n) is 2.83. The molecule has 9 heavy (non-hydrogen) atoms. The third kappa shape index (κ3) is 1.68. The van der Waals surface area contributed by atoms with Crippen molar-refractivity contribution >= 4 is 15.9 Å². The Morgan fingerprint density at radius 1 is 1.67 bits per heavy atom. The van der Waals surface area contributed by atoms with Gasteiger partial charge in [0.2, 0.25) is 0 Å². The number of hydrogen-bond acceptors (Lipinski definition) is 2. The molecule has 0 spiro atoms. The van der Waals surface area contributed by atoms with Crippen LogP contribution in [0.5, 0.6) is 0 Å². The zero-order valence-corrected chi connectivity index (χ0v) is 6.53. The Kier molecular flexibility index (Phi) is 2.12. The van der Waals surface area contributed by atoms with Gasteiger partial charge in [-0.15, -0.1) is 0 Å². The molecule has 3 heteroatoms. The largest absolute Gasteiger partial charge is 0.376 e. The highest BCUT2D eigenvalue weighted by molar-refractivity contribution is 9.12. The van der Waals surface area contributed by atoms with E-state index in [1.165, 1.54) is 0 Å². The lowest BCUT2D eigenvalue weighted by Crippen LogP contribution is -2.28. The number of rotatable bonds is 0. The first kappa shape index (κ1) is 7.07. The second kappa shape index (κ2) is 2.70. The van der Waals surface area contributed by atoms with Gasteiger partial charge >= 0.3 is 0 Å². The zero-order valence-electron chi connectivity index (χ0n) is 4.95. The van der Waals surface area contributed by atoms with Crippen molar-refractivity contribution in [3.05, 3.63) is 0 Å². The first-order chi connectivity index (χ1) is 4.27. The summed E-state index contributed by atoms with van der Waals surface area (Å²) in [6.45, 7) is 1.45. The molecule has 0 aromatic heterocycles. The Balaban J connectivity index is 2.58. The molecular weight excluding hydrogens is 182 g/mol. The Labute approximate surface area is 62.8 Å². The van der Waals surface area contributed by atoms with Crippen LogP contribution in [0.15, 0.2) is 0 Å². The van der Waals surface area contributed by atoms with Gasteiger partial charge in [-0.3, -0.25) is 0 Å². The van der Waals surface area contributed by atoms with E-state index in [4.69, 9.17) is 0 Å². The van der Waals surface area contributed by atoms with Crippen LogP contribution in [0.25, 0.3) is 0 Å². The van der Waals surface area contributed by atoms with Crippen LogP contribution in [-0.2, 0) is 0 Å². The molecule has 0 aromatic rings. The molecule has 1 atom stereocenters. The molecule has 1 aliphatic rings. The summed E-state index contributed by atoms with van der Waals surface area (Å²) in [5.41, 5.74) is -0.774. The maximum Gasteiger partial charge on any atom is 0.139 e. The molecule has 0 saturated carbocycles. The normalized spacial score (nSPS) is 33.6. The summed E-state index contributed by atoms with van der Waals surface area (Å²) in [6, 6.07) is 0. The van der Waals surface area contributed by atoms with Crippen molar-refractivity contribution in [2.24, 2.45) is 0 Å². The summed E-state index contributed by atoms with van der Waals surface area (Å²) in [5.74, 6) is 2.68. The standard InChI is InChI=1S/C6H8BrNO/c7-3-1-6(9)2-4-8-5-6/h8-9H,2,4-5H2. The van der Waals surface area contributed by atoms with Crippen molar-refractivity contribution in [3.8, 4) is 10.8 Å². The molecule has 1 rings (SSSR count). The molecule has 1 fully saturated rings. The van der Waals surface area contributed by atoms with E-state index in [-0.39, 0.29) is 0 Å². The molecule has 0 radical (unpaired) electrons. The van der Waals surface area contributed by atoms with Crippen molar-refractivity contribution in [1.29, 1.82) is 0 Å². The second-order valence-corrected chi connectivity index (χ2v) is 2.57. The summed E-state index contributed by atoms with van der Waals surface area (Å²) in [4.78, 5) is 2.52. The van der Waals surface area contributed by atoms with Crippen LogP contribution in [0.3, 0.4) is 0 Å². The molecule has 0 amide bonds. The van der Waals surface area contributed by atoms with E-state index >= 15 is 0 Å². The van der Waals surface area contributed by atoms with Crippen LogP contribution in [0, 0.1) is 10.8 Å². The van der Waals surface area contributed by atoms with Crippen LogP contribution in [0.4, 0.5) is 0 Å². The molecule has 0 aromatic carbocycles. The van der Waals surface area contributed by atoms with E-state index in [9.17, 15) is 5.11 Å². The van der Waals surface area contributed by atoms with Gasteiger partial charge in [0, 0.05) is 28.9 Å². The second-order valence-electron chi connectivity index (χ2n) is 2.18. The average molecular weight is 190 g/mol. The first-order valence-corrected chi connectivity index (χ1v) is 3.62. The monoisotopic (exact) mass is 189 g/mol. The quantitative estimate of drug-likeness (QED) is 0.529. The molecular formula is C6H8BrNO. The molecule has 50 valence electrons. The molecule has 1 aliphatic heterocycles. The number of halogens is 1. The summed E-state index contributed by atoms with van der Waals surface area (Å²) in [5, 5.41) is 12.4. The van der Waals surface area contributed by atoms with E-state index in [1.54, 1.807) is 0 Å². The number of β-amino-alcohol motifs (C(OH)–C–C–N with tert-alkyl or cyclic N) is 1. The number of aliphatic hydroxyl groups is 1. The minimum absolute atomic E-state index is 0.589. The van der Waals surface area contributed by atoms with Crippen LogP contribution in [0.2, 0.25) is 0 Å². The van der Waals surface area contributed by atoms with Crippen molar-refractivity contribution in [2.45, 2.75) is 12.0 Å². The van der Waals surface area contributed by atoms with Gasteiger partial charge in [0.1, 0.15) is 5.60 Å². The fourth-order valence-corrected chi connectivity index (χ4v) is 1.24. The fraction of sp³-hybridized carbons (Fsp3) is 0.667. The van der Waals surface area contributed by atoms with Crippen molar-refractivity contribution in [1.82, 2.24) is 5.32 Å². The van der Waals surface area contributed by atoms with Crippen LogP contribution >= 0.6 is 15.9 Å². The van der Waals surface area contributed by atoms with Gasteiger partial charge in [-0.1, -0.05) is 5.92 Å². The predicted octanol–water partition coefficient (Wildman–Crippen LogP) is 0.0666. The average Bonchev–Trinajstić information content (AvgIpc) is 2.16. The fourth-order valence-electron chi connectivity index (χ4n) is 0.873. The molecule has 0 aliphatic carbocycles. The molecule has 2 N–H and O–H groups in total. The minimum atomic E-state index is -0.774. The number of hydrogen-bond donors (Lipinski definition) is 2. The van der Waals surface area contributed by atoms with Crippen LogP contribution in [-0.4, -0.2) is 23.8 Å². The predicted molar refractivity (Wildman–Crippen MR) is 39.1 cm³/mol. The highest BCUT2D eigenvalue weighted by Crippen LogP contribution is 2.12. The van der Waals surface area contributed by atoms with E-state index in [0.717, 1.165) is 13.0 Å². The van der Waals surface area contributed by atoms with E-state index in [2.05, 4.69) is 32.0 Å². The zero-order chi connectivity index (χ0) is 6.74. The SMILES string of the molecule is OC1(C#CBr)CCNC1. The molecule has 1 heterocycles. The topological polar surface area (TPSA) is 32.3 Å². The van der Waals surface area contributed by atoms with Gasteiger partial charge in [0.05, 0.1) is 0 Å². The molecule has 2 nitrogen and oxygen atoms in total. The van der Waals surface area contributed by atoms with E-state index < -0.39 is 5.60 Å². The van der Waals surface area contributed by atoms with Gasteiger partial charge in [-0.25, -0.2) is 0 Å². The van der Waals surface area contributed by atoms with Crippen LogP contribution in [0.1, 0.15) is 6.42 Å². The Morgan fingerprint density at radius 3 is 2.89 bits per heavy atom. The Bertz CT molecular complexity index is 152. The van der Waals surface area contributed by atoms with E-state index in [1.807, 2.05) is 0 Å². The lowest BCUT2D eigenvalue weighted by molar-refractivity contribution is 0.124. The minimum Gasteiger partial charge on any atom is -0.376 e. The Hall–Kier alpha value is -0.0400. The summed E-state index contributed by atoms with van der Waals surface area (Å²) in [7, 11) is 0. The highest BCUT2D eigenvalue weighted by atomic mass is 79.9. The smallest absolute Gasteiger partial charge is 0.139 e. The third-order valence-corrected chi connectivity index (χ3v) is 1.61. The lowest BCUT2D eigenvalue weighted by atomic mass is 10.1. The maximum absolute atomic E-state index is 9.43. The molecule has 0 bridgehead atoms. The third-order valence-electron chi connectivity index (χ3n) is 1.41. The van der Waals surface area contributed by atoms with Gasteiger partial charge in [0.15, 0.2) is 0 Å². The molecule has 1 unspecified atom stereocenters. The van der Waals surface area contributed by atoms with E-state index in [0.29, 0.717) is 6.54 Å². The van der Waals surface area contributed by atoms with Gasteiger partial charge in [0.25, 0.3) is 0 Å². The molecule has 1 saturated heterocycles.